The number of aryl methyl sites for hydroxylation is 2. The Hall–Kier alpha value is -2.80. The van der Waals surface area contributed by atoms with E-state index in [1.54, 1.807) is 19.1 Å². The zero-order chi connectivity index (χ0) is 18.0. The molecule has 0 saturated heterocycles. The van der Waals surface area contributed by atoms with E-state index in [-0.39, 0.29) is 16.9 Å². The molecule has 0 unspecified atom stereocenters. The number of hydrogen-bond acceptors (Lipinski definition) is 7. The first-order valence-electron chi connectivity index (χ1n) is 7.40. The molecule has 2 heterocycles. The molecular formula is C17H14ClNO6. The molecule has 130 valence electrons. The summed E-state index contributed by atoms with van der Waals surface area (Å²) >= 11 is 5.76. The lowest BCUT2D eigenvalue weighted by atomic mass is 10.1. The smallest absolute Gasteiger partial charge is 0.311 e. The number of hydrogen-bond donors (Lipinski definition) is 0. The van der Waals surface area contributed by atoms with Gasteiger partial charge in [-0.2, -0.15) is 0 Å². The maximum atomic E-state index is 12.0. The van der Waals surface area contributed by atoms with Crippen LogP contribution in [-0.4, -0.2) is 18.2 Å². The van der Waals surface area contributed by atoms with Crippen molar-refractivity contribution in [2.45, 2.75) is 19.8 Å². The largest absolute Gasteiger partial charge is 0.479 e. The van der Waals surface area contributed by atoms with Crippen molar-refractivity contribution in [3.63, 3.8) is 0 Å². The van der Waals surface area contributed by atoms with Gasteiger partial charge in [-0.25, -0.2) is 0 Å². The lowest BCUT2D eigenvalue weighted by Crippen LogP contribution is -2.10. The summed E-state index contributed by atoms with van der Waals surface area (Å²) in [4.78, 5) is 24.0. The third-order valence-corrected chi connectivity index (χ3v) is 3.90. The van der Waals surface area contributed by atoms with Crippen molar-refractivity contribution in [2.24, 2.45) is 0 Å². The first-order chi connectivity index (χ1) is 12.0. The summed E-state index contributed by atoms with van der Waals surface area (Å²) < 4.78 is 20.6. The molecule has 3 rings (SSSR count). The second-order valence-electron chi connectivity index (χ2n) is 5.29. The second-order valence-corrected chi connectivity index (χ2v) is 5.70. The molecule has 8 heteroatoms. The van der Waals surface area contributed by atoms with Crippen LogP contribution in [0.5, 0.6) is 11.6 Å². The van der Waals surface area contributed by atoms with Gasteiger partial charge in [0.25, 0.3) is 5.88 Å². The first kappa shape index (κ1) is 17.0. The Morgan fingerprint density at radius 1 is 1.36 bits per heavy atom. The summed E-state index contributed by atoms with van der Waals surface area (Å²) in [6, 6.07) is 4.66. The molecule has 3 aromatic rings. The van der Waals surface area contributed by atoms with Crippen molar-refractivity contribution < 1.29 is 23.2 Å². The van der Waals surface area contributed by atoms with Gasteiger partial charge in [-0.15, -0.1) is 0 Å². The third kappa shape index (κ3) is 3.51. The van der Waals surface area contributed by atoms with Gasteiger partial charge in [0.2, 0.25) is 5.43 Å². The molecule has 0 aliphatic carbocycles. The van der Waals surface area contributed by atoms with Gasteiger partial charge in [0.1, 0.15) is 28.4 Å². The number of esters is 1. The lowest BCUT2D eigenvalue weighted by Gasteiger charge is -2.08. The van der Waals surface area contributed by atoms with Gasteiger partial charge >= 0.3 is 5.97 Å². The predicted octanol–water partition coefficient (Wildman–Crippen LogP) is 3.29. The molecule has 1 aromatic carbocycles. The van der Waals surface area contributed by atoms with Gasteiger partial charge in [-0.1, -0.05) is 11.6 Å². The summed E-state index contributed by atoms with van der Waals surface area (Å²) in [5.74, 6) is 0.736. The van der Waals surface area contributed by atoms with E-state index in [9.17, 15) is 9.59 Å². The molecule has 0 aliphatic rings. The highest BCUT2D eigenvalue weighted by molar-refractivity contribution is 6.30. The highest BCUT2D eigenvalue weighted by atomic mass is 35.5. The first-order valence-corrected chi connectivity index (χ1v) is 7.78. The molecule has 7 nitrogen and oxygen atoms in total. The van der Waals surface area contributed by atoms with Crippen molar-refractivity contribution in [2.75, 3.05) is 7.11 Å². The summed E-state index contributed by atoms with van der Waals surface area (Å²) in [5.41, 5.74) is 0.545. The standard InChI is InChI=1S/C17H14ClNO6/c1-9-13(5-4-11-16(21)12(18)8-23-17(9)11)24-15(20)6-3-10-7-14(22-2)19-25-10/h4-5,7-8H,3,6H2,1-2H3. The van der Waals surface area contributed by atoms with E-state index in [1.165, 1.54) is 19.4 Å². The molecule has 0 bridgehead atoms. The third-order valence-electron chi connectivity index (χ3n) is 3.64. The quantitative estimate of drug-likeness (QED) is 0.507. The summed E-state index contributed by atoms with van der Waals surface area (Å²) in [5, 5.41) is 3.99. The van der Waals surface area contributed by atoms with Crippen LogP contribution >= 0.6 is 11.6 Å². The maximum absolute atomic E-state index is 12.0. The number of benzene rings is 1. The van der Waals surface area contributed by atoms with E-state index in [0.717, 1.165) is 0 Å². The molecule has 25 heavy (non-hydrogen) atoms. The Balaban J connectivity index is 1.74. The van der Waals surface area contributed by atoms with Gasteiger partial charge in [-0.3, -0.25) is 9.59 Å². The summed E-state index contributed by atoms with van der Waals surface area (Å²) in [6.07, 6.45) is 1.59. The molecular weight excluding hydrogens is 350 g/mol. The Kier molecular flexibility index (Phi) is 4.76. The number of carbonyl (C=O) groups is 1. The van der Waals surface area contributed by atoms with E-state index in [0.29, 0.717) is 40.3 Å². The molecule has 0 spiro atoms. The van der Waals surface area contributed by atoms with Crippen molar-refractivity contribution in [3.8, 4) is 11.6 Å². The lowest BCUT2D eigenvalue weighted by molar-refractivity contribution is -0.134. The highest BCUT2D eigenvalue weighted by Crippen LogP contribution is 2.27. The maximum Gasteiger partial charge on any atom is 0.311 e. The van der Waals surface area contributed by atoms with Gasteiger partial charge in [0, 0.05) is 18.1 Å². The normalized spacial score (nSPS) is 10.8. The van der Waals surface area contributed by atoms with Crippen molar-refractivity contribution in [1.29, 1.82) is 0 Å². The monoisotopic (exact) mass is 363 g/mol. The van der Waals surface area contributed by atoms with E-state index >= 15 is 0 Å². The van der Waals surface area contributed by atoms with E-state index in [1.807, 2.05) is 0 Å². The second kappa shape index (κ2) is 6.98. The fourth-order valence-corrected chi connectivity index (χ4v) is 2.46. The number of methoxy groups -OCH3 is 1. The minimum absolute atomic E-state index is 0.000805. The molecule has 0 radical (unpaired) electrons. The van der Waals surface area contributed by atoms with Gasteiger partial charge < -0.3 is 18.4 Å². The highest BCUT2D eigenvalue weighted by Gasteiger charge is 2.15. The predicted molar refractivity (Wildman–Crippen MR) is 89.2 cm³/mol. The van der Waals surface area contributed by atoms with Crippen LogP contribution < -0.4 is 14.9 Å². The van der Waals surface area contributed by atoms with Crippen LogP contribution in [0.25, 0.3) is 11.0 Å². The number of rotatable bonds is 5. The number of fused-ring (bicyclic) bond motifs is 1. The zero-order valence-corrected chi connectivity index (χ0v) is 14.3. The van der Waals surface area contributed by atoms with Crippen LogP contribution in [0, 0.1) is 6.92 Å². The Morgan fingerprint density at radius 2 is 2.16 bits per heavy atom. The topological polar surface area (TPSA) is 91.8 Å². The fourth-order valence-electron chi connectivity index (χ4n) is 2.31. The Morgan fingerprint density at radius 3 is 2.88 bits per heavy atom. The van der Waals surface area contributed by atoms with E-state index in [4.69, 9.17) is 30.0 Å². The minimum atomic E-state index is -0.450. The molecule has 0 fully saturated rings. The molecule has 0 saturated carbocycles. The SMILES string of the molecule is COc1cc(CCC(=O)Oc2ccc3c(=O)c(Cl)coc3c2C)on1. The van der Waals surface area contributed by atoms with Gasteiger partial charge in [-0.05, 0) is 24.2 Å². The number of ether oxygens (including phenoxy) is 2. The van der Waals surface area contributed by atoms with Crippen LogP contribution in [0.2, 0.25) is 5.02 Å². The van der Waals surface area contributed by atoms with Crippen LogP contribution in [0.15, 0.2) is 38.2 Å². The minimum Gasteiger partial charge on any atom is -0.479 e. The molecule has 0 aliphatic heterocycles. The fraction of sp³-hybridized carbons (Fsp3) is 0.235. The van der Waals surface area contributed by atoms with Crippen LogP contribution in [0.3, 0.4) is 0 Å². The average molecular weight is 364 g/mol. The zero-order valence-electron chi connectivity index (χ0n) is 13.5. The average Bonchev–Trinajstić information content (AvgIpc) is 3.07. The van der Waals surface area contributed by atoms with Crippen LogP contribution in [0.4, 0.5) is 0 Å². The number of halogens is 1. The molecule has 2 aromatic heterocycles. The summed E-state index contributed by atoms with van der Waals surface area (Å²) in [6.45, 7) is 1.70. The van der Waals surface area contributed by atoms with Crippen LogP contribution in [-0.2, 0) is 11.2 Å². The Labute approximate surface area is 147 Å². The Bertz CT molecular complexity index is 990. The van der Waals surface area contributed by atoms with Crippen molar-refractivity contribution in [3.05, 3.63) is 51.0 Å². The number of nitrogens with zero attached hydrogens (tertiary/aromatic N) is 1. The molecule has 0 amide bonds. The van der Waals surface area contributed by atoms with E-state index < -0.39 is 5.97 Å². The number of carbonyl (C=O) groups excluding carboxylic acids is 1. The van der Waals surface area contributed by atoms with Crippen LogP contribution in [0.1, 0.15) is 17.7 Å². The summed E-state index contributed by atoms with van der Waals surface area (Å²) in [7, 11) is 1.48. The van der Waals surface area contributed by atoms with Gasteiger partial charge in [0.15, 0.2) is 0 Å². The van der Waals surface area contributed by atoms with Crippen molar-refractivity contribution in [1.82, 2.24) is 5.16 Å². The van der Waals surface area contributed by atoms with Gasteiger partial charge in [0.05, 0.1) is 18.9 Å². The van der Waals surface area contributed by atoms with Crippen molar-refractivity contribution >= 4 is 28.5 Å². The van der Waals surface area contributed by atoms with E-state index in [2.05, 4.69) is 5.16 Å². The molecule has 0 N–H and O–H groups in total. The number of aromatic nitrogens is 1. The molecule has 0 atom stereocenters.